The van der Waals surface area contributed by atoms with E-state index in [0.29, 0.717) is 24.2 Å². The Bertz CT molecular complexity index is 1260. The zero-order chi connectivity index (χ0) is 25.9. The van der Waals surface area contributed by atoms with Gasteiger partial charge in [0.15, 0.2) is 0 Å². The number of rotatable bonds is 12. The van der Waals surface area contributed by atoms with E-state index in [4.69, 9.17) is 9.47 Å². The van der Waals surface area contributed by atoms with E-state index in [0.717, 1.165) is 29.5 Å². The standard InChI is InChI=1S/C32H32FNO3/c1-36-32(35)28-17-15-26(16-18-28)21-34-22-31(27-10-6-3-7-11-27)37-23-29-19-14-25(20-30(29)33)13-12-24-8-4-2-5-9-24/h2-11,14-20,31,34H,12-13,21-23H2,1H3/t31-/m0/s1. The minimum absolute atomic E-state index is 0.180. The van der Waals surface area contributed by atoms with Crippen LogP contribution in [0, 0.1) is 5.82 Å². The van der Waals surface area contributed by atoms with Gasteiger partial charge in [-0.25, -0.2) is 9.18 Å². The number of benzene rings is 4. The Hall–Kier alpha value is -3.80. The summed E-state index contributed by atoms with van der Waals surface area (Å²) in [7, 11) is 1.37. The molecule has 0 aliphatic rings. The molecule has 0 bridgehead atoms. The van der Waals surface area contributed by atoms with Crippen molar-refractivity contribution in [3.63, 3.8) is 0 Å². The fourth-order valence-corrected chi connectivity index (χ4v) is 4.15. The Kier molecular flexibility index (Phi) is 9.58. The van der Waals surface area contributed by atoms with E-state index in [2.05, 4.69) is 17.4 Å². The number of carbonyl (C=O) groups excluding carboxylic acids is 1. The number of halogens is 1. The molecule has 0 fully saturated rings. The van der Waals surface area contributed by atoms with E-state index in [1.165, 1.54) is 12.7 Å². The van der Waals surface area contributed by atoms with Crippen LogP contribution in [0.25, 0.3) is 0 Å². The van der Waals surface area contributed by atoms with Crippen LogP contribution in [-0.4, -0.2) is 19.6 Å². The maximum absolute atomic E-state index is 14.9. The van der Waals surface area contributed by atoms with Gasteiger partial charge in [0.2, 0.25) is 0 Å². The van der Waals surface area contributed by atoms with E-state index in [1.54, 1.807) is 18.2 Å². The molecule has 4 nitrogen and oxygen atoms in total. The van der Waals surface area contributed by atoms with Crippen LogP contribution in [0.2, 0.25) is 0 Å². The fraction of sp³-hybridized carbons (Fsp3) is 0.219. The summed E-state index contributed by atoms with van der Waals surface area (Å²) in [6, 6.07) is 32.9. The summed E-state index contributed by atoms with van der Waals surface area (Å²) < 4.78 is 25.8. The molecule has 0 spiro atoms. The second-order valence-electron chi connectivity index (χ2n) is 8.94. The first-order valence-electron chi connectivity index (χ1n) is 12.5. The van der Waals surface area contributed by atoms with E-state index < -0.39 is 0 Å². The molecule has 0 aromatic heterocycles. The minimum Gasteiger partial charge on any atom is -0.465 e. The molecule has 4 aromatic carbocycles. The molecule has 0 aliphatic carbocycles. The van der Waals surface area contributed by atoms with Crippen LogP contribution < -0.4 is 5.32 Å². The molecule has 0 aliphatic heterocycles. The maximum Gasteiger partial charge on any atom is 0.337 e. The summed E-state index contributed by atoms with van der Waals surface area (Å²) in [5.74, 6) is -0.593. The number of methoxy groups -OCH3 is 1. The Morgan fingerprint density at radius 2 is 1.46 bits per heavy atom. The predicted octanol–water partition coefficient (Wildman–Crippen LogP) is 6.45. The summed E-state index contributed by atoms with van der Waals surface area (Å²) in [4.78, 5) is 11.6. The molecular weight excluding hydrogens is 465 g/mol. The highest BCUT2D eigenvalue weighted by Gasteiger charge is 2.14. The highest BCUT2D eigenvalue weighted by atomic mass is 19.1. The third-order valence-electron chi connectivity index (χ3n) is 6.31. The average Bonchev–Trinajstić information content (AvgIpc) is 2.95. The Labute approximate surface area is 218 Å². The third kappa shape index (κ3) is 7.84. The molecule has 4 aromatic rings. The number of hydrogen-bond donors (Lipinski definition) is 1. The molecule has 0 heterocycles. The molecule has 0 saturated heterocycles. The van der Waals surface area contributed by atoms with Crippen LogP contribution in [0.3, 0.4) is 0 Å². The molecule has 4 rings (SSSR count). The van der Waals surface area contributed by atoms with Gasteiger partial charge in [-0.15, -0.1) is 0 Å². The highest BCUT2D eigenvalue weighted by Crippen LogP contribution is 2.21. The first-order valence-corrected chi connectivity index (χ1v) is 12.5. The molecule has 37 heavy (non-hydrogen) atoms. The predicted molar refractivity (Wildman–Crippen MR) is 144 cm³/mol. The summed E-state index contributed by atoms with van der Waals surface area (Å²) >= 11 is 0. The summed E-state index contributed by atoms with van der Waals surface area (Å²) in [5, 5.41) is 3.42. The molecule has 5 heteroatoms. The van der Waals surface area contributed by atoms with Crippen LogP contribution in [0.4, 0.5) is 4.39 Å². The van der Waals surface area contributed by atoms with E-state index in [1.807, 2.05) is 72.8 Å². The zero-order valence-electron chi connectivity index (χ0n) is 21.0. The SMILES string of the molecule is COC(=O)c1ccc(CNC[C@H](OCc2ccc(CCc3ccccc3)cc2F)c2ccccc2)cc1. The Morgan fingerprint density at radius 1 is 0.811 bits per heavy atom. The number of hydrogen-bond acceptors (Lipinski definition) is 4. The number of aryl methyl sites for hydroxylation is 2. The van der Waals surface area contributed by atoms with Crippen molar-refractivity contribution in [1.82, 2.24) is 5.32 Å². The van der Waals surface area contributed by atoms with Crippen molar-refractivity contribution in [2.75, 3.05) is 13.7 Å². The summed E-state index contributed by atoms with van der Waals surface area (Å²) in [6.45, 7) is 1.35. The van der Waals surface area contributed by atoms with Crippen molar-refractivity contribution in [3.05, 3.63) is 142 Å². The number of esters is 1. The molecule has 1 atom stereocenters. The van der Waals surface area contributed by atoms with Crippen LogP contribution >= 0.6 is 0 Å². The van der Waals surface area contributed by atoms with E-state index in [9.17, 15) is 9.18 Å². The van der Waals surface area contributed by atoms with Gasteiger partial charge in [-0.05, 0) is 53.3 Å². The quantitative estimate of drug-likeness (QED) is 0.229. The van der Waals surface area contributed by atoms with Crippen LogP contribution in [0.15, 0.2) is 103 Å². The van der Waals surface area contributed by atoms with Crippen LogP contribution in [0.1, 0.15) is 44.3 Å². The lowest BCUT2D eigenvalue weighted by Gasteiger charge is -2.20. The fourth-order valence-electron chi connectivity index (χ4n) is 4.15. The lowest BCUT2D eigenvalue weighted by molar-refractivity contribution is 0.0380. The van der Waals surface area contributed by atoms with Gasteiger partial charge in [-0.2, -0.15) is 0 Å². The third-order valence-corrected chi connectivity index (χ3v) is 6.31. The lowest BCUT2D eigenvalue weighted by Crippen LogP contribution is -2.23. The van der Waals surface area contributed by atoms with Crippen LogP contribution in [0.5, 0.6) is 0 Å². The first kappa shape index (κ1) is 26.3. The van der Waals surface area contributed by atoms with Gasteiger partial charge in [0.05, 0.1) is 25.4 Å². The van der Waals surface area contributed by atoms with Gasteiger partial charge < -0.3 is 14.8 Å². The van der Waals surface area contributed by atoms with E-state index >= 15 is 0 Å². The van der Waals surface area contributed by atoms with Gasteiger partial charge in [-0.1, -0.05) is 84.9 Å². The van der Waals surface area contributed by atoms with Crippen molar-refractivity contribution >= 4 is 5.97 Å². The molecule has 0 saturated carbocycles. The highest BCUT2D eigenvalue weighted by molar-refractivity contribution is 5.89. The largest absolute Gasteiger partial charge is 0.465 e. The first-order chi connectivity index (χ1) is 18.1. The van der Waals surface area contributed by atoms with Gasteiger partial charge in [0, 0.05) is 18.7 Å². The van der Waals surface area contributed by atoms with Gasteiger partial charge in [0.1, 0.15) is 5.82 Å². The average molecular weight is 498 g/mol. The minimum atomic E-state index is -0.353. The van der Waals surface area contributed by atoms with Gasteiger partial charge >= 0.3 is 5.97 Å². The number of carbonyl (C=O) groups is 1. The molecule has 0 radical (unpaired) electrons. The smallest absolute Gasteiger partial charge is 0.337 e. The Balaban J connectivity index is 1.34. The lowest BCUT2D eigenvalue weighted by atomic mass is 10.0. The zero-order valence-corrected chi connectivity index (χ0v) is 21.0. The van der Waals surface area contributed by atoms with Crippen molar-refractivity contribution in [2.45, 2.75) is 32.1 Å². The second-order valence-corrected chi connectivity index (χ2v) is 8.94. The molecule has 1 N–H and O–H groups in total. The number of ether oxygens (including phenoxy) is 2. The molecule has 190 valence electrons. The van der Waals surface area contributed by atoms with Gasteiger partial charge in [0.25, 0.3) is 0 Å². The summed E-state index contributed by atoms with van der Waals surface area (Å²) in [6.07, 6.45) is 1.43. The van der Waals surface area contributed by atoms with Crippen molar-refractivity contribution in [1.29, 1.82) is 0 Å². The monoisotopic (exact) mass is 497 g/mol. The van der Waals surface area contributed by atoms with Crippen molar-refractivity contribution < 1.29 is 18.7 Å². The van der Waals surface area contributed by atoms with Crippen LogP contribution in [-0.2, 0) is 35.5 Å². The second kappa shape index (κ2) is 13.5. The molecular formula is C32H32FNO3. The topological polar surface area (TPSA) is 47.6 Å². The normalized spacial score (nSPS) is 11.7. The van der Waals surface area contributed by atoms with E-state index in [-0.39, 0.29) is 24.5 Å². The maximum atomic E-state index is 14.9. The summed E-state index contributed by atoms with van der Waals surface area (Å²) in [5.41, 5.74) is 5.35. The molecule has 0 unspecified atom stereocenters. The molecule has 0 amide bonds. The van der Waals surface area contributed by atoms with Crippen molar-refractivity contribution in [3.8, 4) is 0 Å². The number of nitrogens with one attached hydrogen (secondary N) is 1. The van der Waals surface area contributed by atoms with Crippen molar-refractivity contribution in [2.24, 2.45) is 0 Å². The van der Waals surface area contributed by atoms with Gasteiger partial charge in [-0.3, -0.25) is 0 Å². The Morgan fingerprint density at radius 3 is 2.14 bits per heavy atom.